The Labute approximate surface area is 219 Å². The number of hydrogen-bond donors (Lipinski definition) is 3. The summed E-state index contributed by atoms with van der Waals surface area (Å²) in [6.45, 7) is 2.17. The van der Waals surface area contributed by atoms with Crippen LogP contribution in [-0.2, 0) is 20.7 Å². The molecule has 0 amide bonds. The second-order valence-electron chi connectivity index (χ2n) is 8.07. The molecule has 2 heterocycles. The number of imidazole rings is 1. The Morgan fingerprint density at radius 1 is 1.23 bits per heavy atom. The Kier molecular flexibility index (Phi) is 8.22. The summed E-state index contributed by atoms with van der Waals surface area (Å²) >= 11 is 15.6. The monoisotopic (exact) mass is 587 g/mol. The van der Waals surface area contributed by atoms with Crippen LogP contribution in [0.2, 0.25) is 10.0 Å². The third kappa shape index (κ3) is 5.59. The van der Waals surface area contributed by atoms with E-state index in [0.29, 0.717) is 32.4 Å². The van der Waals surface area contributed by atoms with Crippen molar-refractivity contribution in [2.24, 2.45) is 5.73 Å². The SMILES string of the molecule is CCOc1ccc(C[C@H](N)C(=O)OC[C@H]2O[C@@H](n3c(Br)nc4cc(Cl)c(Cl)cc43)[C@H](O)[C@@H]2O)cc1. The minimum atomic E-state index is -1.32. The molecule has 3 aromatic rings. The standard InChI is InChI=1S/C23H24BrCl2N3O6/c1-2-33-12-5-3-11(4-6-12)7-15(27)22(32)34-10-18-19(30)20(31)21(35-18)29-17-9-14(26)13(25)8-16(17)28-23(29)24/h3-6,8-9,15,18-21,30-31H,2,7,10,27H2,1H3/t15-,18+,19+,20+,21+/m0/s1. The normalized spacial score (nSPS) is 22.9. The highest BCUT2D eigenvalue weighted by molar-refractivity contribution is 9.10. The molecule has 0 aliphatic carbocycles. The van der Waals surface area contributed by atoms with Gasteiger partial charge in [0.1, 0.15) is 36.7 Å². The molecule has 1 aliphatic rings. The first-order valence-electron chi connectivity index (χ1n) is 10.9. The van der Waals surface area contributed by atoms with Crippen LogP contribution in [-0.4, -0.2) is 63.3 Å². The number of hydrogen-bond acceptors (Lipinski definition) is 8. The minimum Gasteiger partial charge on any atom is -0.494 e. The van der Waals surface area contributed by atoms with Crippen molar-refractivity contribution in [3.05, 3.63) is 56.7 Å². The van der Waals surface area contributed by atoms with E-state index in [9.17, 15) is 15.0 Å². The van der Waals surface area contributed by atoms with E-state index in [1.807, 2.05) is 19.1 Å². The quantitative estimate of drug-likeness (QED) is 0.342. The number of benzene rings is 2. The molecule has 9 nitrogen and oxygen atoms in total. The van der Waals surface area contributed by atoms with E-state index in [0.717, 1.165) is 11.3 Å². The Hall–Kier alpha value is -1.92. The van der Waals surface area contributed by atoms with E-state index in [1.54, 1.807) is 28.8 Å². The molecule has 0 radical (unpaired) electrons. The van der Waals surface area contributed by atoms with Gasteiger partial charge in [-0.1, -0.05) is 35.3 Å². The van der Waals surface area contributed by atoms with Gasteiger partial charge in [0.2, 0.25) is 0 Å². The maximum Gasteiger partial charge on any atom is 0.323 e. The Bertz CT molecular complexity index is 1210. The number of aromatic nitrogens is 2. The molecule has 1 aromatic heterocycles. The summed E-state index contributed by atoms with van der Waals surface area (Å²) in [5.41, 5.74) is 7.91. The van der Waals surface area contributed by atoms with E-state index in [-0.39, 0.29) is 13.0 Å². The van der Waals surface area contributed by atoms with Crippen LogP contribution in [0.25, 0.3) is 11.0 Å². The molecule has 4 rings (SSSR count). The fraction of sp³-hybridized carbons (Fsp3) is 0.391. The number of ether oxygens (including phenoxy) is 3. The van der Waals surface area contributed by atoms with Gasteiger partial charge < -0.3 is 30.2 Å². The summed E-state index contributed by atoms with van der Waals surface area (Å²) < 4.78 is 18.5. The van der Waals surface area contributed by atoms with Crippen LogP contribution in [0, 0.1) is 0 Å². The van der Waals surface area contributed by atoms with Crippen LogP contribution in [0.15, 0.2) is 41.1 Å². The van der Waals surface area contributed by atoms with Crippen molar-refractivity contribution in [2.75, 3.05) is 13.2 Å². The Morgan fingerprint density at radius 3 is 2.60 bits per heavy atom. The first-order valence-corrected chi connectivity index (χ1v) is 12.4. The first kappa shape index (κ1) is 26.2. The highest BCUT2D eigenvalue weighted by Crippen LogP contribution is 2.37. The van der Waals surface area contributed by atoms with Crippen LogP contribution < -0.4 is 10.5 Å². The molecule has 0 unspecified atom stereocenters. The van der Waals surface area contributed by atoms with Crippen molar-refractivity contribution in [2.45, 2.75) is 43.9 Å². The van der Waals surface area contributed by atoms with Crippen LogP contribution in [0.1, 0.15) is 18.7 Å². The second-order valence-corrected chi connectivity index (χ2v) is 9.59. The average Bonchev–Trinajstić information content (AvgIpc) is 3.28. The maximum absolute atomic E-state index is 12.4. The zero-order chi connectivity index (χ0) is 25.3. The lowest BCUT2D eigenvalue weighted by molar-refractivity contribution is -0.151. The summed E-state index contributed by atoms with van der Waals surface area (Å²) in [6.07, 6.45) is -4.37. The van der Waals surface area contributed by atoms with Gasteiger partial charge in [0, 0.05) is 0 Å². The summed E-state index contributed by atoms with van der Waals surface area (Å²) in [5, 5.41) is 21.8. The van der Waals surface area contributed by atoms with Gasteiger partial charge in [0.15, 0.2) is 11.0 Å². The molecule has 1 saturated heterocycles. The summed E-state index contributed by atoms with van der Waals surface area (Å²) in [4.78, 5) is 16.8. The third-order valence-corrected chi connectivity index (χ3v) is 6.94. The molecule has 0 spiro atoms. The van der Waals surface area contributed by atoms with Crippen LogP contribution in [0.5, 0.6) is 5.75 Å². The van der Waals surface area contributed by atoms with E-state index < -0.39 is 36.6 Å². The number of nitrogens with zero attached hydrogens (tertiary/aromatic N) is 2. The van der Waals surface area contributed by atoms with Crippen LogP contribution in [0.3, 0.4) is 0 Å². The van der Waals surface area contributed by atoms with E-state index in [2.05, 4.69) is 20.9 Å². The van der Waals surface area contributed by atoms with Gasteiger partial charge in [-0.25, -0.2) is 4.98 Å². The largest absolute Gasteiger partial charge is 0.494 e. The predicted molar refractivity (Wildman–Crippen MR) is 134 cm³/mol. The number of aliphatic hydroxyl groups is 2. The lowest BCUT2D eigenvalue weighted by atomic mass is 10.1. The topological polar surface area (TPSA) is 129 Å². The number of aliphatic hydroxyl groups excluding tert-OH is 2. The zero-order valence-corrected chi connectivity index (χ0v) is 21.7. The third-order valence-electron chi connectivity index (χ3n) is 5.66. The molecule has 12 heteroatoms. The second kappa shape index (κ2) is 11.0. The number of halogens is 3. The summed E-state index contributed by atoms with van der Waals surface area (Å²) in [7, 11) is 0. The number of rotatable bonds is 8. The molecular weight excluding hydrogens is 565 g/mol. The number of carbonyl (C=O) groups excluding carboxylic acids is 1. The molecule has 0 bridgehead atoms. The van der Waals surface area contributed by atoms with Crippen molar-refractivity contribution in [1.29, 1.82) is 0 Å². The van der Waals surface area contributed by atoms with Gasteiger partial charge in [-0.05, 0) is 59.1 Å². The van der Waals surface area contributed by atoms with E-state index in [4.69, 9.17) is 43.1 Å². The van der Waals surface area contributed by atoms with Gasteiger partial charge in [0.05, 0.1) is 27.7 Å². The minimum absolute atomic E-state index is 0.266. The summed E-state index contributed by atoms with van der Waals surface area (Å²) in [6, 6.07) is 9.53. The Morgan fingerprint density at radius 2 is 1.91 bits per heavy atom. The zero-order valence-electron chi connectivity index (χ0n) is 18.6. The van der Waals surface area contributed by atoms with Crippen molar-refractivity contribution in [1.82, 2.24) is 9.55 Å². The van der Waals surface area contributed by atoms with Crippen molar-refractivity contribution >= 4 is 56.1 Å². The first-order chi connectivity index (χ1) is 16.7. The number of fused-ring (bicyclic) bond motifs is 1. The molecule has 35 heavy (non-hydrogen) atoms. The lowest BCUT2D eigenvalue weighted by Crippen LogP contribution is -2.38. The molecule has 188 valence electrons. The average molecular weight is 589 g/mol. The van der Waals surface area contributed by atoms with Crippen molar-refractivity contribution < 1.29 is 29.2 Å². The van der Waals surface area contributed by atoms with Gasteiger partial charge >= 0.3 is 5.97 Å². The predicted octanol–water partition coefficient (Wildman–Crippen LogP) is 3.24. The van der Waals surface area contributed by atoms with E-state index >= 15 is 0 Å². The van der Waals surface area contributed by atoms with Crippen LogP contribution in [0.4, 0.5) is 0 Å². The van der Waals surface area contributed by atoms with Gasteiger partial charge in [-0.2, -0.15) is 0 Å². The fourth-order valence-electron chi connectivity index (χ4n) is 3.88. The smallest absolute Gasteiger partial charge is 0.323 e. The maximum atomic E-state index is 12.4. The van der Waals surface area contributed by atoms with Crippen LogP contribution >= 0.6 is 39.1 Å². The van der Waals surface area contributed by atoms with Crippen molar-refractivity contribution in [3.63, 3.8) is 0 Å². The van der Waals surface area contributed by atoms with Gasteiger partial charge in [-0.15, -0.1) is 0 Å². The van der Waals surface area contributed by atoms with Gasteiger partial charge in [0.25, 0.3) is 0 Å². The molecule has 0 saturated carbocycles. The molecule has 1 fully saturated rings. The summed E-state index contributed by atoms with van der Waals surface area (Å²) in [5.74, 6) is 0.0823. The molecule has 2 aromatic carbocycles. The molecule has 5 atom stereocenters. The molecular formula is C23H24BrCl2N3O6. The highest BCUT2D eigenvalue weighted by atomic mass is 79.9. The Balaban J connectivity index is 1.39. The number of esters is 1. The lowest BCUT2D eigenvalue weighted by Gasteiger charge is -2.18. The molecule has 1 aliphatic heterocycles. The van der Waals surface area contributed by atoms with Gasteiger partial charge in [-0.3, -0.25) is 9.36 Å². The fourth-order valence-corrected chi connectivity index (χ4v) is 4.78. The highest BCUT2D eigenvalue weighted by Gasteiger charge is 2.45. The number of carbonyl (C=O) groups is 1. The van der Waals surface area contributed by atoms with Crippen molar-refractivity contribution in [3.8, 4) is 5.75 Å². The van der Waals surface area contributed by atoms with E-state index in [1.165, 1.54) is 0 Å². The molecule has 4 N–H and O–H groups in total. The number of nitrogens with two attached hydrogens (primary N) is 1.